The van der Waals surface area contributed by atoms with Crippen molar-refractivity contribution in [1.29, 1.82) is 0 Å². The van der Waals surface area contributed by atoms with E-state index < -0.39 is 5.60 Å². The van der Waals surface area contributed by atoms with E-state index in [-0.39, 0.29) is 11.7 Å². The standard InChI is InChI=1S/C22H25ClFN3O2S/c1-22(2,29-17-9-6-15(23)7-10-17)20(28)27(13-5-12-26(3)4)21-25-18-11-8-16(24)14-19(18)30-21/h6-11,14H,5,12-13H2,1-4H3. The minimum atomic E-state index is -1.13. The summed E-state index contributed by atoms with van der Waals surface area (Å²) in [5.74, 6) is 0.0164. The zero-order valence-corrected chi connectivity index (χ0v) is 19.1. The minimum Gasteiger partial charge on any atom is -0.478 e. The van der Waals surface area contributed by atoms with Gasteiger partial charge in [0.2, 0.25) is 0 Å². The van der Waals surface area contributed by atoms with Gasteiger partial charge in [0.1, 0.15) is 11.6 Å². The number of aromatic nitrogens is 1. The summed E-state index contributed by atoms with van der Waals surface area (Å²) in [5.41, 5.74) is -0.465. The van der Waals surface area contributed by atoms with Crippen molar-refractivity contribution in [3.05, 3.63) is 53.3 Å². The molecule has 0 bridgehead atoms. The van der Waals surface area contributed by atoms with Crippen molar-refractivity contribution in [3.63, 3.8) is 0 Å². The first-order valence-electron chi connectivity index (χ1n) is 9.63. The first-order valence-corrected chi connectivity index (χ1v) is 10.8. The van der Waals surface area contributed by atoms with Crippen LogP contribution in [0.1, 0.15) is 20.3 Å². The quantitative estimate of drug-likeness (QED) is 0.472. The Hall–Kier alpha value is -2.22. The van der Waals surface area contributed by atoms with Gasteiger partial charge in [0.25, 0.3) is 5.91 Å². The van der Waals surface area contributed by atoms with Gasteiger partial charge in [-0.05, 0) is 83.4 Å². The van der Waals surface area contributed by atoms with E-state index in [0.717, 1.165) is 13.0 Å². The number of hydrogen-bond acceptors (Lipinski definition) is 5. The van der Waals surface area contributed by atoms with Crippen LogP contribution < -0.4 is 9.64 Å². The van der Waals surface area contributed by atoms with Gasteiger partial charge in [0.15, 0.2) is 10.7 Å². The molecule has 160 valence electrons. The first-order chi connectivity index (χ1) is 14.2. The van der Waals surface area contributed by atoms with Crippen molar-refractivity contribution in [2.24, 2.45) is 0 Å². The van der Waals surface area contributed by atoms with E-state index in [0.29, 0.717) is 32.7 Å². The predicted octanol–water partition coefficient (Wildman–Crippen LogP) is 5.23. The van der Waals surface area contributed by atoms with E-state index in [9.17, 15) is 9.18 Å². The van der Waals surface area contributed by atoms with Crippen LogP contribution in [0.25, 0.3) is 10.2 Å². The number of halogens is 2. The minimum absolute atomic E-state index is 0.212. The SMILES string of the molecule is CN(C)CCCN(C(=O)C(C)(C)Oc1ccc(Cl)cc1)c1nc2ccc(F)cc2s1. The van der Waals surface area contributed by atoms with E-state index in [1.165, 1.54) is 23.5 Å². The molecule has 1 heterocycles. The molecule has 8 heteroatoms. The molecule has 0 unspecified atom stereocenters. The van der Waals surface area contributed by atoms with Crippen LogP contribution in [0.5, 0.6) is 5.75 Å². The summed E-state index contributed by atoms with van der Waals surface area (Å²) < 4.78 is 20.3. The molecule has 3 aromatic rings. The van der Waals surface area contributed by atoms with Gasteiger partial charge in [0, 0.05) is 11.6 Å². The van der Waals surface area contributed by atoms with Gasteiger partial charge in [-0.1, -0.05) is 22.9 Å². The van der Waals surface area contributed by atoms with Crippen molar-refractivity contribution < 1.29 is 13.9 Å². The van der Waals surface area contributed by atoms with Gasteiger partial charge in [-0.2, -0.15) is 0 Å². The average molecular weight is 450 g/mol. The van der Waals surface area contributed by atoms with E-state index in [1.807, 2.05) is 14.1 Å². The van der Waals surface area contributed by atoms with Crippen LogP contribution in [0.2, 0.25) is 5.02 Å². The number of anilines is 1. The van der Waals surface area contributed by atoms with Gasteiger partial charge in [-0.15, -0.1) is 0 Å². The molecule has 5 nitrogen and oxygen atoms in total. The predicted molar refractivity (Wildman–Crippen MR) is 121 cm³/mol. The molecule has 1 aromatic heterocycles. The largest absolute Gasteiger partial charge is 0.478 e. The van der Waals surface area contributed by atoms with Crippen molar-refractivity contribution in [2.45, 2.75) is 25.9 Å². The maximum Gasteiger partial charge on any atom is 0.272 e. The molecule has 1 amide bonds. The lowest BCUT2D eigenvalue weighted by Gasteiger charge is -2.31. The fraction of sp³-hybridized carbons (Fsp3) is 0.364. The van der Waals surface area contributed by atoms with Crippen LogP contribution >= 0.6 is 22.9 Å². The smallest absolute Gasteiger partial charge is 0.272 e. The number of carbonyl (C=O) groups excluding carboxylic acids is 1. The Labute approximate surface area is 185 Å². The summed E-state index contributed by atoms with van der Waals surface area (Å²) >= 11 is 7.24. The van der Waals surface area contributed by atoms with E-state index in [4.69, 9.17) is 16.3 Å². The summed E-state index contributed by atoms with van der Waals surface area (Å²) in [5, 5.41) is 1.13. The Morgan fingerprint density at radius 2 is 1.87 bits per heavy atom. The summed E-state index contributed by atoms with van der Waals surface area (Å²) in [6.07, 6.45) is 0.764. The number of thiazole rings is 1. The summed E-state index contributed by atoms with van der Waals surface area (Å²) in [6.45, 7) is 4.76. The number of rotatable bonds is 8. The number of nitrogens with zero attached hydrogens (tertiary/aromatic N) is 3. The highest BCUT2D eigenvalue weighted by molar-refractivity contribution is 7.22. The van der Waals surface area contributed by atoms with Crippen molar-refractivity contribution in [1.82, 2.24) is 9.88 Å². The highest BCUT2D eigenvalue weighted by atomic mass is 35.5. The lowest BCUT2D eigenvalue weighted by Crippen LogP contribution is -2.49. The molecule has 0 radical (unpaired) electrons. The zero-order valence-electron chi connectivity index (χ0n) is 17.5. The van der Waals surface area contributed by atoms with Crippen LogP contribution in [0.15, 0.2) is 42.5 Å². The first kappa shape index (κ1) is 22.5. The van der Waals surface area contributed by atoms with Crippen molar-refractivity contribution >= 4 is 44.2 Å². The second kappa shape index (κ2) is 9.29. The Kier molecular flexibility index (Phi) is 6.95. The molecule has 0 atom stereocenters. The highest BCUT2D eigenvalue weighted by Gasteiger charge is 2.36. The lowest BCUT2D eigenvalue weighted by atomic mass is 10.1. The molecule has 0 aliphatic rings. The topological polar surface area (TPSA) is 45.7 Å². The fourth-order valence-electron chi connectivity index (χ4n) is 3.00. The highest BCUT2D eigenvalue weighted by Crippen LogP contribution is 2.32. The summed E-state index contributed by atoms with van der Waals surface area (Å²) in [4.78, 5) is 21.8. The molecule has 0 saturated heterocycles. The van der Waals surface area contributed by atoms with Crippen LogP contribution in [-0.2, 0) is 4.79 Å². The normalized spacial score (nSPS) is 11.8. The molecule has 0 aliphatic heterocycles. The molecule has 30 heavy (non-hydrogen) atoms. The molecule has 2 aromatic carbocycles. The molecular weight excluding hydrogens is 425 g/mol. The number of fused-ring (bicyclic) bond motifs is 1. The van der Waals surface area contributed by atoms with Crippen molar-refractivity contribution in [3.8, 4) is 5.75 Å². The molecule has 0 N–H and O–H groups in total. The van der Waals surface area contributed by atoms with Gasteiger partial charge in [-0.3, -0.25) is 9.69 Å². The number of ether oxygens (including phenoxy) is 1. The Morgan fingerprint density at radius 1 is 1.17 bits per heavy atom. The van der Waals surface area contributed by atoms with E-state index >= 15 is 0 Å². The number of carbonyl (C=O) groups is 1. The third-order valence-electron chi connectivity index (χ3n) is 4.50. The fourth-order valence-corrected chi connectivity index (χ4v) is 4.14. The zero-order chi connectivity index (χ0) is 21.9. The molecule has 0 saturated carbocycles. The van der Waals surface area contributed by atoms with Crippen LogP contribution in [0.3, 0.4) is 0 Å². The summed E-state index contributed by atoms with van der Waals surface area (Å²) in [7, 11) is 3.97. The maximum absolute atomic E-state index is 13.6. The molecule has 0 spiro atoms. The van der Waals surface area contributed by atoms with E-state index in [1.54, 1.807) is 49.1 Å². The van der Waals surface area contributed by atoms with Gasteiger partial charge in [0.05, 0.1) is 10.2 Å². The Morgan fingerprint density at radius 3 is 2.53 bits per heavy atom. The number of benzene rings is 2. The molecule has 0 aliphatic carbocycles. The van der Waals surface area contributed by atoms with E-state index in [2.05, 4.69) is 9.88 Å². The molecule has 0 fully saturated rings. The second-order valence-corrected chi connectivity index (χ2v) is 9.23. The molecule has 3 rings (SSSR count). The van der Waals surface area contributed by atoms with Crippen LogP contribution in [0.4, 0.5) is 9.52 Å². The second-order valence-electron chi connectivity index (χ2n) is 7.79. The van der Waals surface area contributed by atoms with Crippen LogP contribution in [-0.4, -0.2) is 48.6 Å². The average Bonchev–Trinajstić information content (AvgIpc) is 3.09. The van der Waals surface area contributed by atoms with Crippen molar-refractivity contribution in [2.75, 3.05) is 32.1 Å². The van der Waals surface area contributed by atoms with Gasteiger partial charge >= 0.3 is 0 Å². The monoisotopic (exact) mass is 449 g/mol. The number of amides is 1. The lowest BCUT2D eigenvalue weighted by molar-refractivity contribution is -0.131. The Balaban J connectivity index is 1.88. The van der Waals surface area contributed by atoms with Gasteiger partial charge in [-0.25, -0.2) is 9.37 Å². The van der Waals surface area contributed by atoms with Crippen LogP contribution in [0, 0.1) is 5.82 Å². The summed E-state index contributed by atoms with van der Waals surface area (Å²) in [6, 6.07) is 11.3. The third-order valence-corrected chi connectivity index (χ3v) is 5.80. The molecular formula is C22H25ClFN3O2S. The third kappa shape index (κ3) is 5.47. The van der Waals surface area contributed by atoms with Gasteiger partial charge < -0.3 is 9.64 Å². The number of hydrogen-bond donors (Lipinski definition) is 0. The Bertz CT molecular complexity index is 1020. The maximum atomic E-state index is 13.6.